The van der Waals surface area contributed by atoms with E-state index in [4.69, 9.17) is 0 Å². The van der Waals surface area contributed by atoms with E-state index in [1.165, 1.54) is 33.3 Å². The zero-order valence-electron chi connectivity index (χ0n) is 17.0. The van der Waals surface area contributed by atoms with Gasteiger partial charge in [0.1, 0.15) is 0 Å². The van der Waals surface area contributed by atoms with E-state index < -0.39 is 0 Å². The molecule has 2 aromatic carbocycles. The SMILES string of the molecule is CC1Cc2c(c3ccccc3n2CCc2cccnc2)CN1Cc1ccccc1. The third kappa shape index (κ3) is 3.58. The molecule has 0 spiro atoms. The lowest BCUT2D eigenvalue weighted by molar-refractivity contribution is 0.173. The lowest BCUT2D eigenvalue weighted by atomic mass is 9.98. The van der Waals surface area contributed by atoms with Gasteiger partial charge in [-0.1, -0.05) is 54.6 Å². The van der Waals surface area contributed by atoms with Crippen LogP contribution in [0.15, 0.2) is 79.1 Å². The van der Waals surface area contributed by atoms with Crippen LogP contribution in [0.2, 0.25) is 0 Å². The van der Waals surface area contributed by atoms with E-state index in [9.17, 15) is 0 Å². The van der Waals surface area contributed by atoms with Gasteiger partial charge >= 0.3 is 0 Å². The zero-order valence-corrected chi connectivity index (χ0v) is 17.0. The Kier molecular flexibility index (Phi) is 4.91. The summed E-state index contributed by atoms with van der Waals surface area (Å²) in [5, 5.41) is 1.42. The smallest absolute Gasteiger partial charge is 0.0486 e. The minimum Gasteiger partial charge on any atom is -0.344 e. The number of benzene rings is 2. The normalized spacial score (nSPS) is 16.8. The van der Waals surface area contributed by atoms with E-state index in [0.717, 1.165) is 32.5 Å². The molecule has 3 nitrogen and oxygen atoms in total. The second-order valence-corrected chi connectivity index (χ2v) is 8.15. The Hall–Kier alpha value is -2.91. The van der Waals surface area contributed by atoms with Crippen LogP contribution in [-0.2, 0) is 32.5 Å². The molecule has 0 fully saturated rings. The molecule has 2 aromatic heterocycles. The van der Waals surface area contributed by atoms with E-state index in [0.29, 0.717) is 6.04 Å². The van der Waals surface area contributed by atoms with Gasteiger partial charge in [0.25, 0.3) is 0 Å². The molecule has 1 aliphatic heterocycles. The van der Waals surface area contributed by atoms with Crippen LogP contribution < -0.4 is 0 Å². The Bertz CT molecular complexity index is 1100. The van der Waals surface area contributed by atoms with Crippen molar-refractivity contribution in [1.82, 2.24) is 14.5 Å². The van der Waals surface area contributed by atoms with Crippen LogP contribution in [0.25, 0.3) is 10.9 Å². The summed E-state index contributed by atoms with van der Waals surface area (Å²) in [4.78, 5) is 6.90. The number of hydrogen-bond acceptors (Lipinski definition) is 2. The summed E-state index contributed by atoms with van der Waals surface area (Å²) in [6.07, 6.45) is 5.95. The molecule has 0 saturated carbocycles. The summed E-state index contributed by atoms with van der Waals surface area (Å²) in [6, 6.07) is 24.5. The van der Waals surface area contributed by atoms with Gasteiger partial charge in [0.05, 0.1) is 0 Å². The predicted octanol–water partition coefficient (Wildman–Crippen LogP) is 5.23. The summed E-state index contributed by atoms with van der Waals surface area (Å²) >= 11 is 0. The van der Waals surface area contributed by atoms with Crippen molar-refractivity contribution in [2.75, 3.05) is 0 Å². The predicted molar refractivity (Wildman–Crippen MR) is 119 cm³/mol. The van der Waals surface area contributed by atoms with Gasteiger partial charge < -0.3 is 4.57 Å². The van der Waals surface area contributed by atoms with Gasteiger partial charge in [-0.15, -0.1) is 0 Å². The van der Waals surface area contributed by atoms with Gasteiger partial charge in [-0.2, -0.15) is 0 Å². The van der Waals surface area contributed by atoms with Crippen molar-refractivity contribution in [3.8, 4) is 0 Å². The number of rotatable bonds is 5. The van der Waals surface area contributed by atoms with Crippen LogP contribution in [-0.4, -0.2) is 20.5 Å². The van der Waals surface area contributed by atoms with E-state index >= 15 is 0 Å². The zero-order chi connectivity index (χ0) is 19.6. The van der Waals surface area contributed by atoms with Crippen molar-refractivity contribution in [3.05, 3.63) is 102 Å². The highest BCUT2D eigenvalue weighted by molar-refractivity contribution is 5.85. The van der Waals surface area contributed by atoms with Gasteiger partial charge in [-0.25, -0.2) is 0 Å². The molecule has 0 amide bonds. The fourth-order valence-electron chi connectivity index (χ4n) is 4.68. The molecule has 146 valence electrons. The number of nitrogens with zero attached hydrogens (tertiary/aromatic N) is 3. The van der Waals surface area contributed by atoms with Crippen LogP contribution in [0.5, 0.6) is 0 Å². The molecule has 0 radical (unpaired) electrons. The Labute approximate surface area is 172 Å². The molecule has 0 saturated heterocycles. The number of fused-ring (bicyclic) bond motifs is 3. The van der Waals surface area contributed by atoms with E-state index in [2.05, 4.69) is 82.0 Å². The molecule has 0 N–H and O–H groups in total. The second-order valence-electron chi connectivity index (χ2n) is 8.15. The molecule has 1 unspecified atom stereocenters. The molecule has 4 aromatic rings. The number of hydrogen-bond donors (Lipinski definition) is 0. The summed E-state index contributed by atoms with van der Waals surface area (Å²) in [5.41, 5.74) is 7.10. The third-order valence-electron chi connectivity index (χ3n) is 6.24. The molecule has 5 rings (SSSR count). The van der Waals surface area contributed by atoms with Gasteiger partial charge in [0, 0.05) is 61.1 Å². The third-order valence-corrected chi connectivity index (χ3v) is 6.24. The molecule has 1 aliphatic rings. The monoisotopic (exact) mass is 381 g/mol. The van der Waals surface area contributed by atoms with E-state index in [-0.39, 0.29) is 0 Å². The first-order valence-corrected chi connectivity index (χ1v) is 10.6. The number of aryl methyl sites for hydroxylation is 2. The molecule has 0 aliphatic carbocycles. The van der Waals surface area contributed by atoms with Crippen molar-refractivity contribution < 1.29 is 0 Å². The quantitative estimate of drug-likeness (QED) is 0.472. The second kappa shape index (κ2) is 7.84. The minimum atomic E-state index is 0.532. The molecule has 0 bridgehead atoms. The van der Waals surface area contributed by atoms with Gasteiger partial charge in [-0.05, 0) is 42.2 Å². The van der Waals surface area contributed by atoms with Gasteiger partial charge in [0.2, 0.25) is 0 Å². The molecular weight excluding hydrogens is 354 g/mol. The number of aromatic nitrogens is 2. The van der Waals surface area contributed by atoms with Crippen molar-refractivity contribution in [2.24, 2.45) is 0 Å². The van der Waals surface area contributed by atoms with Crippen molar-refractivity contribution >= 4 is 10.9 Å². The Morgan fingerprint density at radius 3 is 2.55 bits per heavy atom. The van der Waals surface area contributed by atoms with Gasteiger partial charge in [-0.3, -0.25) is 9.88 Å². The van der Waals surface area contributed by atoms with Crippen molar-refractivity contribution in [3.63, 3.8) is 0 Å². The first-order valence-electron chi connectivity index (χ1n) is 10.6. The Morgan fingerprint density at radius 2 is 1.72 bits per heavy atom. The lowest BCUT2D eigenvalue weighted by Gasteiger charge is -2.34. The highest BCUT2D eigenvalue weighted by Crippen LogP contribution is 2.34. The van der Waals surface area contributed by atoms with Crippen molar-refractivity contribution in [2.45, 2.75) is 45.4 Å². The van der Waals surface area contributed by atoms with E-state index in [1.807, 2.05) is 18.5 Å². The maximum Gasteiger partial charge on any atom is 0.0486 e. The summed E-state index contributed by atoms with van der Waals surface area (Å²) in [5.74, 6) is 0. The highest BCUT2D eigenvalue weighted by atomic mass is 15.2. The topological polar surface area (TPSA) is 21.1 Å². The molecular formula is C26H27N3. The molecule has 1 atom stereocenters. The first kappa shape index (κ1) is 18.1. The standard InChI is InChI=1S/C26H27N3/c1-20-16-26-24(19-28(20)18-22-8-3-2-4-9-22)23-11-5-6-12-25(23)29(26)15-13-21-10-7-14-27-17-21/h2-12,14,17,20H,13,15-16,18-19H2,1H3. The van der Waals surface area contributed by atoms with Crippen LogP contribution in [0.4, 0.5) is 0 Å². The van der Waals surface area contributed by atoms with Crippen LogP contribution in [0.3, 0.4) is 0 Å². The maximum absolute atomic E-state index is 4.28. The largest absolute Gasteiger partial charge is 0.344 e. The summed E-state index contributed by atoms with van der Waals surface area (Å²) < 4.78 is 2.56. The maximum atomic E-state index is 4.28. The summed E-state index contributed by atoms with van der Waals surface area (Å²) in [6.45, 7) is 5.41. The van der Waals surface area contributed by atoms with Crippen LogP contribution >= 0.6 is 0 Å². The average molecular weight is 382 g/mol. The lowest BCUT2D eigenvalue weighted by Crippen LogP contribution is -2.38. The highest BCUT2D eigenvalue weighted by Gasteiger charge is 2.28. The average Bonchev–Trinajstić information content (AvgIpc) is 3.06. The fraction of sp³-hybridized carbons (Fsp3) is 0.269. The molecule has 29 heavy (non-hydrogen) atoms. The van der Waals surface area contributed by atoms with Crippen LogP contribution in [0.1, 0.15) is 29.3 Å². The Morgan fingerprint density at radius 1 is 0.931 bits per heavy atom. The number of para-hydroxylation sites is 1. The minimum absolute atomic E-state index is 0.532. The molecule has 3 heteroatoms. The Balaban J connectivity index is 1.47. The first-order chi connectivity index (χ1) is 14.3. The van der Waals surface area contributed by atoms with Gasteiger partial charge in [0.15, 0.2) is 0 Å². The molecule has 3 heterocycles. The number of pyridine rings is 1. The fourth-order valence-corrected chi connectivity index (χ4v) is 4.68. The van der Waals surface area contributed by atoms with E-state index in [1.54, 1.807) is 0 Å². The van der Waals surface area contributed by atoms with Crippen molar-refractivity contribution in [1.29, 1.82) is 0 Å². The van der Waals surface area contributed by atoms with Crippen LogP contribution in [0, 0.1) is 0 Å². The summed E-state index contributed by atoms with van der Waals surface area (Å²) in [7, 11) is 0.